The molecule has 122 valence electrons. The number of aliphatic imine (C=N–C) groups is 1. The fourth-order valence-corrected chi connectivity index (χ4v) is 2.42. The number of anilines is 1. The van der Waals surface area contributed by atoms with Crippen LogP contribution in [0.2, 0.25) is 0 Å². The molecule has 1 unspecified atom stereocenters. The third-order valence-electron chi connectivity index (χ3n) is 3.51. The predicted octanol–water partition coefficient (Wildman–Crippen LogP) is 0.990. The number of nitro benzene ring substituents is 1. The molecule has 3 rings (SSSR count). The molecule has 0 aliphatic carbocycles. The topological polar surface area (TPSA) is 140 Å². The minimum absolute atomic E-state index is 0.159. The maximum Gasteiger partial charge on any atom is 0.352 e. The van der Waals surface area contributed by atoms with E-state index in [0.717, 1.165) is 0 Å². The van der Waals surface area contributed by atoms with Crippen LogP contribution in [0.25, 0.3) is 0 Å². The molecular formula is C14H11N5O5. The Morgan fingerprint density at radius 3 is 2.88 bits per heavy atom. The zero-order valence-corrected chi connectivity index (χ0v) is 12.1. The molecule has 1 aromatic heterocycles. The number of benzene rings is 1. The summed E-state index contributed by atoms with van der Waals surface area (Å²) in [6.07, 6.45) is 5.09. The van der Waals surface area contributed by atoms with E-state index in [0.29, 0.717) is 11.8 Å². The Labute approximate surface area is 134 Å². The Morgan fingerprint density at radius 1 is 1.50 bits per heavy atom. The van der Waals surface area contributed by atoms with Gasteiger partial charge in [-0.3, -0.25) is 10.1 Å². The summed E-state index contributed by atoms with van der Waals surface area (Å²) in [4.78, 5) is 40.8. The van der Waals surface area contributed by atoms with E-state index in [-0.39, 0.29) is 29.3 Å². The molecule has 2 heterocycles. The number of nitro groups is 1. The molecule has 0 radical (unpaired) electrons. The number of aliphatic carboxylic acids is 1. The minimum atomic E-state index is -1.33. The molecule has 24 heavy (non-hydrogen) atoms. The van der Waals surface area contributed by atoms with Gasteiger partial charge in [0, 0.05) is 18.5 Å². The second-order valence-corrected chi connectivity index (χ2v) is 5.05. The Balaban J connectivity index is 2.11. The lowest BCUT2D eigenvalue weighted by molar-refractivity contribution is -0.385. The second kappa shape index (κ2) is 5.91. The largest absolute Gasteiger partial charge is 0.477 e. The van der Waals surface area contributed by atoms with Gasteiger partial charge in [-0.2, -0.15) is 0 Å². The average molecular weight is 329 g/mol. The van der Waals surface area contributed by atoms with E-state index in [2.05, 4.69) is 15.3 Å². The van der Waals surface area contributed by atoms with Crippen LogP contribution >= 0.6 is 0 Å². The Bertz CT molecular complexity index is 859. The number of hydrogen-bond acceptors (Lipinski definition) is 7. The van der Waals surface area contributed by atoms with Gasteiger partial charge in [0.2, 0.25) is 0 Å². The van der Waals surface area contributed by atoms with Crippen LogP contribution in [-0.2, 0) is 16.1 Å². The van der Waals surface area contributed by atoms with E-state index >= 15 is 0 Å². The highest BCUT2D eigenvalue weighted by Crippen LogP contribution is 2.36. The number of hydrogen-bond donors (Lipinski definition) is 2. The van der Waals surface area contributed by atoms with Gasteiger partial charge in [-0.15, -0.1) is 0 Å². The number of carbonyl (C=O) groups excluding carboxylic acids is 1. The Morgan fingerprint density at radius 2 is 2.29 bits per heavy atom. The summed E-state index contributed by atoms with van der Waals surface area (Å²) in [6.45, 7) is 0.179. The molecule has 0 fully saturated rings. The molecule has 0 saturated heterocycles. The molecule has 1 aliphatic rings. The summed E-state index contributed by atoms with van der Waals surface area (Å²) >= 11 is 0. The van der Waals surface area contributed by atoms with Gasteiger partial charge in [-0.25, -0.2) is 14.8 Å². The Hall–Kier alpha value is -3.56. The molecule has 2 N–H and O–H groups in total. The first-order valence-electron chi connectivity index (χ1n) is 6.80. The van der Waals surface area contributed by atoms with Crippen LogP contribution in [-0.4, -0.2) is 43.6 Å². The van der Waals surface area contributed by atoms with Crippen molar-refractivity contribution in [1.82, 2.24) is 9.55 Å². The molecule has 1 atom stereocenters. The van der Waals surface area contributed by atoms with Gasteiger partial charge in [0.1, 0.15) is 12.3 Å². The normalized spacial score (nSPS) is 15.8. The molecule has 0 amide bonds. The Kier molecular flexibility index (Phi) is 3.78. The smallest absolute Gasteiger partial charge is 0.352 e. The summed E-state index contributed by atoms with van der Waals surface area (Å²) < 4.78 is 1.64. The zero-order valence-electron chi connectivity index (χ0n) is 12.1. The maximum atomic E-state index is 11.3. The summed E-state index contributed by atoms with van der Waals surface area (Å²) in [5.74, 6) is -1.33. The SMILES string of the molecule is O=CC1Nc2cc([N+](=O)[O-])c(Cn3ccnc3)cc2N=C1C(=O)O. The highest BCUT2D eigenvalue weighted by atomic mass is 16.6. The number of fused-ring (bicyclic) bond motifs is 1. The van der Waals surface area contributed by atoms with Crippen molar-refractivity contribution in [3.05, 3.63) is 46.5 Å². The molecule has 0 saturated carbocycles. The van der Waals surface area contributed by atoms with Gasteiger partial charge >= 0.3 is 5.97 Å². The van der Waals surface area contributed by atoms with Gasteiger partial charge in [-0.1, -0.05) is 0 Å². The number of carboxylic acids is 1. The summed E-state index contributed by atoms with van der Waals surface area (Å²) in [5.41, 5.74) is 0.287. The van der Waals surface area contributed by atoms with E-state index in [1.54, 1.807) is 17.0 Å². The number of aldehydes is 1. The quantitative estimate of drug-likeness (QED) is 0.473. The van der Waals surface area contributed by atoms with Crippen LogP contribution in [0, 0.1) is 10.1 Å². The molecule has 10 nitrogen and oxygen atoms in total. The van der Waals surface area contributed by atoms with Crippen molar-refractivity contribution in [2.24, 2.45) is 4.99 Å². The lowest BCUT2D eigenvalue weighted by Crippen LogP contribution is -2.38. The van der Waals surface area contributed by atoms with Gasteiger partial charge in [0.15, 0.2) is 5.71 Å². The first-order chi connectivity index (χ1) is 11.5. The number of carboxylic acid groups (broad SMARTS) is 1. The van der Waals surface area contributed by atoms with Crippen LogP contribution in [0.4, 0.5) is 17.1 Å². The van der Waals surface area contributed by atoms with E-state index in [1.165, 1.54) is 18.5 Å². The van der Waals surface area contributed by atoms with Crippen molar-refractivity contribution in [3.8, 4) is 0 Å². The molecule has 0 spiro atoms. The fourth-order valence-electron chi connectivity index (χ4n) is 2.42. The zero-order chi connectivity index (χ0) is 17.3. The van der Waals surface area contributed by atoms with Crippen LogP contribution < -0.4 is 5.32 Å². The van der Waals surface area contributed by atoms with E-state index in [9.17, 15) is 19.7 Å². The maximum absolute atomic E-state index is 11.3. The van der Waals surface area contributed by atoms with Crippen LogP contribution in [0.3, 0.4) is 0 Å². The number of rotatable bonds is 5. The van der Waals surface area contributed by atoms with Crippen LogP contribution in [0.1, 0.15) is 5.56 Å². The van der Waals surface area contributed by atoms with Crippen LogP contribution in [0.15, 0.2) is 35.8 Å². The minimum Gasteiger partial charge on any atom is -0.477 e. The highest BCUT2D eigenvalue weighted by Gasteiger charge is 2.29. The van der Waals surface area contributed by atoms with E-state index in [1.807, 2.05) is 0 Å². The van der Waals surface area contributed by atoms with Gasteiger partial charge in [0.05, 0.1) is 34.7 Å². The van der Waals surface area contributed by atoms with Crippen molar-refractivity contribution >= 4 is 35.0 Å². The molecule has 0 bridgehead atoms. The van der Waals surface area contributed by atoms with E-state index < -0.39 is 16.9 Å². The summed E-state index contributed by atoms with van der Waals surface area (Å²) in [6, 6.07) is 1.53. The molecule has 2 aromatic rings. The first-order valence-corrected chi connectivity index (χ1v) is 6.80. The van der Waals surface area contributed by atoms with Crippen molar-refractivity contribution in [2.45, 2.75) is 12.6 Å². The third kappa shape index (κ3) is 2.72. The third-order valence-corrected chi connectivity index (χ3v) is 3.51. The van der Waals surface area contributed by atoms with Crippen molar-refractivity contribution in [1.29, 1.82) is 0 Å². The van der Waals surface area contributed by atoms with Gasteiger partial charge in [0.25, 0.3) is 5.69 Å². The number of nitrogens with one attached hydrogen (secondary N) is 1. The number of carbonyl (C=O) groups is 2. The average Bonchev–Trinajstić information content (AvgIpc) is 3.05. The lowest BCUT2D eigenvalue weighted by Gasteiger charge is -2.21. The molecular weight excluding hydrogens is 318 g/mol. The highest BCUT2D eigenvalue weighted by molar-refractivity contribution is 6.42. The van der Waals surface area contributed by atoms with Gasteiger partial charge in [-0.05, 0) is 6.07 Å². The summed E-state index contributed by atoms with van der Waals surface area (Å²) in [5, 5.41) is 23.1. The number of nitrogens with zero attached hydrogens (tertiary/aromatic N) is 4. The van der Waals surface area contributed by atoms with Crippen molar-refractivity contribution in [2.75, 3.05) is 5.32 Å². The number of aromatic nitrogens is 2. The van der Waals surface area contributed by atoms with Crippen molar-refractivity contribution in [3.63, 3.8) is 0 Å². The summed E-state index contributed by atoms with van der Waals surface area (Å²) in [7, 11) is 0. The van der Waals surface area contributed by atoms with Crippen LogP contribution in [0.5, 0.6) is 0 Å². The molecule has 10 heteroatoms. The van der Waals surface area contributed by atoms with Crippen molar-refractivity contribution < 1.29 is 19.6 Å². The standard InChI is InChI=1S/C14H11N5O5/c20-6-11-13(14(21)22)17-9-3-8(5-18-2-1-15-7-18)12(19(23)24)4-10(9)16-11/h1-4,6-7,11,16H,5H2,(H,21,22). The number of imidazole rings is 1. The molecule has 1 aliphatic heterocycles. The monoisotopic (exact) mass is 329 g/mol. The second-order valence-electron chi connectivity index (χ2n) is 5.05. The molecule has 1 aromatic carbocycles. The first kappa shape index (κ1) is 15.3. The van der Waals surface area contributed by atoms with Gasteiger partial charge < -0.3 is 19.8 Å². The predicted molar refractivity (Wildman–Crippen MR) is 82.6 cm³/mol. The van der Waals surface area contributed by atoms with E-state index in [4.69, 9.17) is 5.11 Å². The fraction of sp³-hybridized carbons (Fsp3) is 0.143. The lowest BCUT2D eigenvalue weighted by atomic mass is 10.1.